The Morgan fingerprint density at radius 3 is 2.18 bits per heavy atom. The lowest BCUT2D eigenvalue weighted by Gasteiger charge is -2.36. The molecule has 0 spiro atoms. The number of hydrogen-bond acceptors (Lipinski definition) is 3. The van der Waals surface area contributed by atoms with Crippen LogP contribution in [0.15, 0.2) is 23.8 Å². The van der Waals surface area contributed by atoms with E-state index in [1.807, 2.05) is 0 Å². The Hall–Kier alpha value is -1.83. The van der Waals surface area contributed by atoms with Gasteiger partial charge in [0.15, 0.2) is 11.7 Å². The lowest BCUT2D eigenvalue weighted by atomic mass is 9.79. The monoisotopic (exact) mass is 252 g/mol. The molecule has 5 nitrogen and oxygen atoms in total. The number of rotatable bonds is 3. The Balaban J connectivity index is 3.61. The Morgan fingerprint density at radius 1 is 1.29 bits per heavy atom. The van der Waals surface area contributed by atoms with Crippen molar-refractivity contribution in [3.63, 3.8) is 0 Å². The third-order valence-electron chi connectivity index (χ3n) is 2.41. The molecule has 2 unspecified atom stereocenters. The molecule has 0 aromatic carbocycles. The molecule has 0 aliphatic heterocycles. The van der Waals surface area contributed by atoms with Crippen molar-refractivity contribution in [2.24, 2.45) is 0 Å². The van der Waals surface area contributed by atoms with Crippen LogP contribution in [0, 0.1) is 0 Å². The van der Waals surface area contributed by atoms with Crippen LogP contribution in [0.3, 0.4) is 0 Å². The van der Waals surface area contributed by atoms with E-state index in [1.54, 1.807) is 0 Å². The Morgan fingerprint density at radius 2 is 1.82 bits per heavy atom. The van der Waals surface area contributed by atoms with E-state index >= 15 is 0 Å². The number of ether oxygens (including phenoxy) is 1. The zero-order valence-electron chi connectivity index (χ0n) is 8.41. The van der Waals surface area contributed by atoms with E-state index in [0.29, 0.717) is 7.11 Å². The van der Waals surface area contributed by atoms with Gasteiger partial charge in [0.25, 0.3) is 11.3 Å². The fraction of sp³-hybridized carbons (Fsp3) is 0.333. The Kier molecular flexibility index (Phi) is 3.02. The van der Waals surface area contributed by atoms with Crippen molar-refractivity contribution >= 4 is 11.9 Å². The van der Waals surface area contributed by atoms with Crippen molar-refractivity contribution in [1.29, 1.82) is 0 Å². The van der Waals surface area contributed by atoms with Crippen molar-refractivity contribution in [3.05, 3.63) is 23.8 Å². The molecule has 0 fully saturated rings. The molecular weight excluding hydrogens is 245 g/mol. The lowest BCUT2D eigenvalue weighted by molar-refractivity contribution is -0.187. The number of allylic oxidation sites excluding steroid dienone is 2. The van der Waals surface area contributed by atoms with E-state index in [9.17, 15) is 22.8 Å². The molecule has 0 aromatic rings. The summed E-state index contributed by atoms with van der Waals surface area (Å²) in [5.74, 6) is -8.44. The summed E-state index contributed by atoms with van der Waals surface area (Å²) in [5.41, 5.74) is -7.31. The first-order valence-corrected chi connectivity index (χ1v) is 4.20. The van der Waals surface area contributed by atoms with Crippen LogP contribution >= 0.6 is 0 Å². The molecule has 2 atom stereocenters. The first-order valence-electron chi connectivity index (χ1n) is 4.20. The molecule has 0 aromatic heterocycles. The Bertz CT molecular complexity index is 444. The molecule has 0 bridgehead atoms. The van der Waals surface area contributed by atoms with Gasteiger partial charge in [-0.1, -0.05) is 0 Å². The van der Waals surface area contributed by atoms with Crippen molar-refractivity contribution in [1.82, 2.24) is 0 Å². The van der Waals surface area contributed by atoms with Crippen molar-refractivity contribution in [2.75, 3.05) is 7.11 Å². The highest BCUT2D eigenvalue weighted by atomic mass is 19.2. The van der Waals surface area contributed by atoms with Gasteiger partial charge in [-0.3, -0.25) is 0 Å². The molecule has 0 radical (unpaired) electrons. The number of carboxylic acids is 2. The number of carboxylic acid groups (broad SMARTS) is 2. The minimum Gasteiger partial charge on any atom is -0.479 e. The molecule has 2 N–H and O–H groups in total. The predicted octanol–water partition coefficient (Wildman–Crippen LogP) is 0.970. The normalized spacial score (nSPS) is 32.7. The van der Waals surface area contributed by atoms with Gasteiger partial charge in [-0.25, -0.2) is 22.8 Å². The van der Waals surface area contributed by atoms with E-state index < -0.39 is 34.9 Å². The summed E-state index contributed by atoms with van der Waals surface area (Å²) in [4.78, 5) is 21.6. The maximum absolute atomic E-state index is 14.1. The molecule has 8 heteroatoms. The molecule has 0 saturated heterocycles. The second-order valence-corrected chi connectivity index (χ2v) is 3.20. The third-order valence-corrected chi connectivity index (χ3v) is 2.41. The highest BCUT2D eigenvalue weighted by molar-refractivity contribution is 5.96. The molecular formula is C9H7F3O5. The van der Waals surface area contributed by atoms with Gasteiger partial charge < -0.3 is 14.9 Å². The van der Waals surface area contributed by atoms with E-state index in [2.05, 4.69) is 4.74 Å². The first kappa shape index (κ1) is 13.2. The van der Waals surface area contributed by atoms with Gasteiger partial charge >= 0.3 is 11.9 Å². The molecule has 94 valence electrons. The number of alkyl halides is 1. The standard InChI is InChI=1S/C9H7F3O5/c1-17-9(7(15)16)5(11)4(10)2-3-8(9,12)6(13)14/h2-3H,1H3,(H,13,14)(H,15,16). The first-order chi connectivity index (χ1) is 7.74. The van der Waals surface area contributed by atoms with Crippen molar-refractivity contribution in [3.8, 4) is 0 Å². The maximum atomic E-state index is 14.1. The van der Waals surface area contributed by atoms with E-state index in [1.165, 1.54) is 0 Å². The molecule has 0 saturated carbocycles. The average Bonchev–Trinajstić information content (AvgIpc) is 2.24. The van der Waals surface area contributed by atoms with Crippen LogP contribution in [0.1, 0.15) is 0 Å². The van der Waals surface area contributed by atoms with Crippen molar-refractivity contribution < 1.29 is 37.7 Å². The zero-order valence-corrected chi connectivity index (χ0v) is 8.41. The molecule has 1 aliphatic rings. The molecule has 1 aliphatic carbocycles. The molecule has 1 rings (SSSR count). The summed E-state index contributed by atoms with van der Waals surface area (Å²) >= 11 is 0. The van der Waals surface area contributed by atoms with Crippen LogP contribution in [-0.4, -0.2) is 40.5 Å². The minimum absolute atomic E-state index is 0.0887. The van der Waals surface area contributed by atoms with Gasteiger partial charge in [0.05, 0.1) is 0 Å². The topological polar surface area (TPSA) is 83.8 Å². The average molecular weight is 252 g/mol. The van der Waals surface area contributed by atoms with E-state index in [-0.39, 0.29) is 12.2 Å². The van der Waals surface area contributed by atoms with Gasteiger partial charge in [-0.15, -0.1) is 0 Å². The second kappa shape index (κ2) is 3.88. The molecule has 0 amide bonds. The van der Waals surface area contributed by atoms with Gasteiger partial charge in [-0.05, 0) is 12.2 Å². The second-order valence-electron chi connectivity index (χ2n) is 3.20. The fourth-order valence-electron chi connectivity index (χ4n) is 1.50. The number of halogens is 3. The maximum Gasteiger partial charge on any atom is 0.349 e. The zero-order chi connectivity index (χ0) is 13.4. The van der Waals surface area contributed by atoms with Crippen LogP contribution in [-0.2, 0) is 14.3 Å². The number of methoxy groups -OCH3 is 1. The summed E-state index contributed by atoms with van der Waals surface area (Å²) in [5, 5.41) is 17.4. The molecule has 0 heterocycles. The fourth-order valence-corrected chi connectivity index (χ4v) is 1.50. The van der Waals surface area contributed by atoms with Crippen molar-refractivity contribution in [2.45, 2.75) is 11.3 Å². The number of hydrogen-bond donors (Lipinski definition) is 2. The quantitative estimate of drug-likeness (QED) is 0.781. The third kappa shape index (κ3) is 1.44. The summed E-state index contributed by atoms with van der Waals surface area (Å²) < 4.78 is 44.6. The number of aliphatic carboxylic acids is 2. The van der Waals surface area contributed by atoms with Crippen LogP contribution in [0.25, 0.3) is 0 Å². The molecule has 17 heavy (non-hydrogen) atoms. The smallest absolute Gasteiger partial charge is 0.349 e. The lowest BCUT2D eigenvalue weighted by Crippen LogP contribution is -2.62. The minimum atomic E-state index is -3.74. The summed E-state index contributed by atoms with van der Waals surface area (Å²) in [6.45, 7) is 0. The van der Waals surface area contributed by atoms with Crippen LogP contribution in [0.4, 0.5) is 13.2 Å². The Labute approximate surface area is 92.8 Å². The number of carbonyl (C=O) groups is 2. The largest absolute Gasteiger partial charge is 0.479 e. The summed E-state index contributed by atoms with van der Waals surface area (Å²) in [7, 11) is 0.567. The SMILES string of the molecule is COC1(C(=O)O)C(F)=C(F)C=CC1(F)C(=O)O. The van der Waals surface area contributed by atoms with Crippen LogP contribution < -0.4 is 0 Å². The van der Waals surface area contributed by atoms with E-state index in [0.717, 1.165) is 0 Å². The van der Waals surface area contributed by atoms with Crippen LogP contribution in [0.5, 0.6) is 0 Å². The van der Waals surface area contributed by atoms with Gasteiger partial charge in [0.2, 0.25) is 0 Å². The van der Waals surface area contributed by atoms with E-state index in [4.69, 9.17) is 10.2 Å². The van der Waals surface area contributed by atoms with Gasteiger partial charge in [0.1, 0.15) is 0 Å². The predicted molar refractivity (Wildman–Crippen MR) is 47.2 cm³/mol. The van der Waals surface area contributed by atoms with Crippen LogP contribution in [0.2, 0.25) is 0 Å². The highest BCUT2D eigenvalue weighted by Crippen LogP contribution is 2.44. The summed E-state index contributed by atoms with van der Waals surface area (Å²) in [6.07, 6.45) is 0.287. The summed E-state index contributed by atoms with van der Waals surface area (Å²) in [6, 6.07) is 0. The highest BCUT2D eigenvalue weighted by Gasteiger charge is 2.68. The van der Waals surface area contributed by atoms with Gasteiger partial charge in [0, 0.05) is 7.11 Å². The van der Waals surface area contributed by atoms with Gasteiger partial charge in [-0.2, -0.15) is 0 Å².